The zero-order valence-electron chi connectivity index (χ0n) is 22.1. The molecule has 1 unspecified atom stereocenters. The molecule has 0 aliphatic rings. The monoisotopic (exact) mass is 928 g/mol. The number of aliphatic hydroxyl groups is 1. The molecule has 0 spiro atoms. The van der Waals surface area contributed by atoms with E-state index in [1.165, 1.54) is 70.0 Å². The molecule has 31 heavy (non-hydrogen) atoms. The van der Waals surface area contributed by atoms with E-state index < -0.39 is 0 Å². The van der Waals surface area contributed by atoms with Crippen LogP contribution in [-0.4, -0.2) is 36.4 Å². The van der Waals surface area contributed by atoms with Gasteiger partial charge in [0.05, 0.1) is 6.61 Å². The Labute approximate surface area is 255 Å². The molecule has 1 atom stereocenters. The van der Waals surface area contributed by atoms with Gasteiger partial charge in [-0.3, -0.25) is 0 Å². The maximum Gasteiger partial charge on any atom is 2.00 e. The molecule has 0 aliphatic heterocycles. The third-order valence-corrected chi connectivity index (χ3v) is 5.96. The molecule has 0 saturated carbocycles. The number of hydrogen-bond donors (Lipinski definition) is 1. The molecular formula is C25H56O2S2U2. The molecule has 0 aromatic carbocycles. The third kappa shape index (κ3) is 65.5. The van der Waals surface area contributed by atoms with Crippen LogP contribution in [0.1, 0.15) is 105 Å². The zero-order chi connectivity index (χ0) is 22.3. The van der Waals surface area contributed by atoms with Crippen molar-refractivity contribution >= 4 is 21.6 Å². The summed E-state index contributed by atoms with van der Waals surface area (Å²) in [5, 5.41) is 7.00. The topological polar surface area (TPSA) is 29.5 Å². The van der Waals surface area contributed by atoms with Crippen molar-refractivity contribution in [1.82, 2.24) is 0 Å². The summed E-state index contributed by atoms with van der Waals surface area (Å²) >= 11 is 0. The van der Waals surface area contributed by atoms with E-state index in [0.717, 1.165) is 25.9 Å². The second-order valence-electron chi connectivity index (χ2n) is 6.18. The molecule has 0 rings (SSSR count). The van der Waals surface area contributed by atoms with Crippen molar-refractivity contribution in [3.8, 4) is 0 Å². The molecule has 0 aliphatic carbocycles. The predicted octanol–water partition coefficient (Wildman–Crippen LogP) is 9.05. The SMILES string of the molecule is CC.CO.C[CH-]C.[CH2-]CC([CH2-])OCCSSCCCCCCCCCCCC.[CH3-].[U+2].[U+2]. The Kier molecular flexibility index (Phi) is 95.4. The van der Waals surface area contributed by atoms with E-state index in [-0.39, 0.29) is 75.8 Å². The Morgan fingerprint density at radius 3 is 1.55 bits per heavy atom. The average Bonchev–Trinajstić information content (AvgIpc) is 2.74. The Balaban J connectivity index is -0.000000103. The Morgan fingerprint density at radius 2 is 1.16 bits per heavy atom. The first-order valence-electron chi connectivity index (χ1n) is 11.4. The van der Waals surface area contributed by atoms with Crippen molar-refractivity contribution in [3.63, 3.8) is 0 Å². The van der Waals surface area contributed by atoms with Gasteiger partial charge in [0, 0.05) is 18.6 Å². The van der Waals surface area contributed by atoms with E-state index in [9.17, 15) is 0 Å². The summed E-state index contributed by atoms with van der Waals surface area (Å²) in [4.78, 5) is 0. The van der Waals surface area contributed by atoms with Crippen LogP contribution in [0.4, 0.5) is 0 Å². The van der Waals surface area contributed by atoms with Crippen molar-refractivity contribution in [2.24, 2.45) is 0 Å². The number of ether oxygens (including phenoxy) is 1. The van der Waals surface area contributed by atoms with Gasteiger partial charge in [-0.15, -0.1) is 0 Å². The van der Waals surface area contributed by atoms with Crippen molar-refractivity contribution in [3.05, 3.63) is 27.7 Å². The molecule has 188 valence electrons. The fraction of sp³-hybridized carbons (Fsp3) is 0.840. The molecule has 1 N–H and O–H groups in total. The molecular weight excluding hydrogens is 872 g/mol. The predicted molar refractivity (Wildman–Crippen MR) is 143 cm³/mol. The summed E-state index contributed by atoms with van der Waals surface area (Å²) in [7, 11) is 4.92. The van der Waals surface area contributed by atoms with Gasteiger partial charge >= 0.3 is 62.2 Å². The maximum absolute atomic E-state index is 7.00. The summed E-state index contributed by atoms with van der Waals surface area (Å²) in [6, 6.07) is 0. The van der Waals surface area contributed by atoms with Crippen LogP contribution in [0.5, 0.6) is 0 Å². The van der Waals surface area contributed by atoms with Crippen LogP contribution in [-0.2, 0) is 4.74 Å². The molecule has 0 radical (unpaired) electrons. The van der Waals surface area contributed by atoms with E-state index in [1.54, 1.807) is 0 Å². The fourth-order valence-electron chi connectivity index (χ4n) is 2.10. The van der Waals surface area contributed by atoms with E-state index >= 15 is 0 Å². The van der Waals surface area contributed by atoms with Crippen LogP contribution < -0.4 is 0 Å². The van der Waals surface area contributed by atoms with Gasteiger partial charge in [0.25, 0.3) is 0 Å². The van der Waals surface area contributed by atoms with Crippen LogP contribution >= 0.6 is 21.6 Å². The van der Waals surface area contributed by atoms with Crippen LogP contribution in [0.25, 0.3) is 0 Å². The zero-order valence-corrected chi connectivity index (χ0v) is 32.1. The minimum absolute atomic E-state index is 0. The molecule has 0 aromatic rings. The van der Waals surface area contributed by atoms with Gasteiger partial charge in [-0.05, 0) is 6.42 Å². The summed E-state index contributed by atoms with van der Waals surface area (Å²) in [5.41, 5.74) is 0. The van der Waals surface area contributed by atoms with Gasteiger partial charge in [-0.2, -0.15) is 20.3 Å². The van der Waals surface area contributed by atoms with Gasteiger partial charge in [0.1, 0.15) is 0 Å². The number of hydrogen-bond acceptors (Lipinski definition) is 4. The summed E-state index contributed by atoms with van der Waals surface area (Å²) in [6.45, 7) is 18.7. The van der Waals surface area contributed by atoms with E-state index in [0.29, 0.717) is 0 Å². The van der Waals surface area contributed by atoms with Crippen molar-refractivity contribution in [1.29, 1.82) is 0 Å². The second-order valence-corrected chi connectivity index (χ2v) is 8.89. The minimum atomic E-state index is 0. The third-order valence-electron chi connectivity index (χ3n) is 3.51. The smallest absolute Gasteiger partial charge is 0.412 e. The van der Waals surface area contributed by atoms with E-state index in [1.807, 2.05) is 55.7 Å². The summed E-state index contributed by atoms with van der Waals surface area (Å²) in [6.07, 6.45) is 17.0. The molecule has 0 amide bonds. The molecule has 0 heterocycles. The quantitative estimate of drug-likeness (QED) is 0.0897. The van der Waals surface area contributed by atoms with Crippen LogP contribution in [0, 0.1) is 89.9 Å². The van der Waals surface area contributed by atoms with Gasteiger partial charge in [0.2, 0.25) is 0 Å². The van der Waals surface area contributed by atoms with Gasteiger partial charge in [-0.1, -0.05) is 106 Å². The van der Waals surface area contributed by atoms with Gasteiger partial charge in [-0.25, -0.2) is 0 Å². The number of aliphatic hydroxyl groups excluding tert-OH is 1. The molecule has 0 saturated heterocycles. The van der Waals surface area contributed by atoms with Crippen LogP contribution in [0.15, 0.2) is 0 Å². The van der Waals surface area contributed by atoms with E-state index in [2.05, 4.69) is 20.8 Å². The summed E-state index contributed by atoms with van der Waals surface area (Å²) < 4.78 is 5.49. The molecule has 0 aromatic heterocycles. The molecule has 6 heteroatoms. The molecule has 0 bridgehead atoms. The number of rotatable bonds is 17. The number of unbranched alkanes of at least 4 members (excludes halogenated alkanes) is 9. The summed E-state index contributed by atoms with van der Waals surface area (Å²) in [5.74, 6) is 2.35. The molecule has 0 fully saturated rings. The first kappa shape index (κ1) is 50.6. The standard InChI is InChI=1S/C18H36OS2.C3H7.C2H6.CH4O.CH3.2U/c1-4-6-7-8-9-10-11-12-13-14-16-20-21-17-15-19-18(3)5-2;1-3-2;2*1-2;;;/h18H,2-17H2,1H3;3H,1-2H3;1-2H3;2H,1H3;1H3;;/q-2;-1;;;-1;2*+2. The first-order chi connectivity index (χ1) is 13.7. The first-order valence-corrected chi connectivity index (χ1v) is 13.9. The van der Waals surface area contributed by atoms with E-state index in [4.69, 9.17) is 9.84 Å². The Hall–Kier alpha value is 2.72. The van der Waals surface area contributed by atoms with Gasteiger partial charge < -0.3 is 37.5 Å². The second kappa shape index (κ2) is 58.5. The van der Waals surface area contributed by atoms with Crippen LogP contribution in [0.2, 0.25) is 0 Å². The fourth-order valence-corrected chi connectivity index (χ4v) is 4.09. The molecule has 2 nitrogen and oxygen atoms in total. The Bertz CT molecular complexity index is 216. The maximum atomic E-state index is 7.00. The average molecular weight is 929 g/mol. The normalized spacial score (nSPS) is 9.58. The van der Waals surface area contributed by atoms with Crippen molar-refractivity contribution in [2.45, 2.75) is 111 Å². The van der Waals surface area contributed by atoms with Crippen molar-refractivity contribution in [2.75, 3.05) is 25.2 Å². The van der Waals surface area contributed by atoms with Crippen LogP contribution in [0.3, 0.4) is 0 Å². The van der Waals surface area contributed by atoms with Gasteiger partial charge in [0.15, 0.2) is 0 Å². The Morgan fingerprint density at radius 1 is 0.806 bits per heavy atom. The van der Waals surface area contributed by atoms with Crippen molar-refractivity contribution < 1.29 is 72.1 Å². The minimum Gasteiger partial charge on any atom is -0.412 e. The largest absolute Gasteiger partial charge is 2.00 e.